The van der Waals surface area contributed by atoms with E-state index in [0.717, 1.165) is 0 Å². The molecule has 3 N–H and O–H groups in total. The zero-order valence-electron chi connectivity index (χ0n) is 23.4. The Labute approximate surface area is 262 Å². The molecule has 0 saturated carbocycles. The molecule has 0 saturated heterocycles. The molecule has 0 aliphatic heterocycles. The van der Waals surface area contributed by atoms with Crippen LogP contribution in [0.3, 0.4) is 0 Å². The average molecular weight is 663 g/mol. The number of hydrogen-bond donors (Lipinski definition) is 3. The van der Waals surface area contributed by atoms with Crippen LogP contribution < -0.4 is 20.7 Å². The molecular formula is C33H29BrFN3O4S. The van der Waals surface area contributed by atoms with Crippen molar-refractivity contribution in [2.75, 3.05) is 17.2 Å². The van der Waals surface area contributed by atoms with Crippen LogP contribution in [-0.4, -0.2) is 29.6 Å². The second-order valence-electron chi connectivity index (χ2n) is 9.24. The third-order valence-electron chi connectivity index (χ3n) is 5.99. The summed E-state index contributed by atoms with van der Waals surface area (Å²) in [6, 6.07) is 27.1. The van der Waals surface area contributed by atoms with Gasteiger partial charge in [-0.15, -0.1) is 11.8 Å². The van der Waals surface area contributed by atoms with Crippen LogP contribution in [0, 0.1) is 5.82 Å². The highest BCUT2D eigenvalue weighted by atomic mass is 79.9. The lowest BCUT2D eigenvalue weighted by Gasteiger charge is -2.14. The maximum absolute atomic E-state index is 14.2. The highest BCUT2D eigenvalue weighted by molar-refractivity contribution is 9.10. The topological polar surface area (TPSA) is 96.5 Å². The van der Waals surface area contributed by atoms with E-state index in [9.17, 15) is 18.8 Å². The largest absolute Gasteiger partial charge is 0.494 e. The Kier molecular flexibility index (Phi) is 11.1. The molecule has 4 rings (SSSR count). The number of ether oxygens (including phenoxy) is 1. The summed E-state index contributed by atoms with van der Waals surface area (Å²) in [5, 5.41) is 7.60. The summed E-state index contributed by atoms with van der Waals surface area (Å²) in [7, 11) is 0. The van der Waals surface area contributed by atoms with E-state index in [-0.39, 0.29) is 17.3 Å². The molecule has 4 aromatic carbocycles. The van der Waals surface area contributed by atoms with Gasteiger partial charge in [-0.3, -0.25) is 14.4 Å². The molecule has 10 heteroatoms. The van der Waals surface area contributed by atoms with Gasteiger partial charge < -0.3 is 20.7 Å². The minimum Gasteiger partial charge on any atom is -0.494 e. The summed E-state index contributed by atoms with van der Waals surface area (Å²) in [5.74, 6) is -1.18. The Hall–Kier alpha value is -4.41. The predicted molar refractivity (Wildman–Crippen MR) is 173 cm³/mol. The molecule has 7 nitrogen and oxygen atoms in total. The number of rotatable bonds is 11. The van der Waals surface area contributed by atoms with Gasteiger partial charge in [-0.2, -0.15) is 0 Å². The van der Waals surface area contributed by atoms with Crippen LogP contribution in [0.5, 0.6) is 5.75 Å². The molecule has 0 heterocycles. The molecule has 1 unspecified atom stereocenters. The van der Waals surface area contributed by atoms with Gasteiger partial charge in [0, 0.05) is 20.6 Å². The van der Waals surface area contributed by atoms with Crippen LogP contribution in [0.1, 0.15) is 29.8 Å². The van der Waals surface area contributed by atoms with Crippen molar-refractivity contribution in [2.45, 2.75) is 24.0 Å². The fourth-order valence-electron chi connectivity index (χ4n) is 3.86. The van der Waals surface area contributed by atoms with Gasteiger partial charge in [-0.1, -0.05) is 52.3 Å². The number of carbonyl (C=O) groups is 3. The van der Waals surface area contributed by atoms with Gasteiger partial charge in [-0.05, 0) is 86.2 Å². The van der Waals surface area contributed by atoms with E-state index in [0.29, 0.717) is 38.5 Å². The van der Waals surface area contributed by atoms with E-state index in [1.807, 2.05) is 6.92 Å². The molecule has 220 valence electrons. The van der Waals surface area contributed by atoms with Crippen LogP contribution in [-0.2, 0) is 9.59 Å². The Morgan fingerprint density at radius 3 is 2.37 bits per heavy atom. The summed E-state index contributed by atoms with van der Waals surface area (Å²) in [6.45, 7) is 4.13. The molecule has 3 amide bonds. The monoisotopic (exact) mass is 661 g/mol. The van der Waals surface area contributed by atoms with E-state index in [2.05, 4.69) is 31.9 Å². The Morgan fingerprint density at radius 2 is 1.67 bits per heavy atom. The summed E-state index contributed by atoms with van der Waals surface area (Å²) in [4.78, 5) is 39.8. The number of anilines is 2. The first-order chi connectivity index (χ1) is 20.7. The first-order valence-electron chi connectivity index (χ1n) is 13.4. The lowest BCUT2D eigenvalue weighted by atomic mass is 10.1. The lowest BCUT2D eigenvalue weighted by Crippen LogP contribution is -2.30. The molecule has 0 spiro atoms. The van der Waals surface area contributed by atoms with E-state index >= 15 is 0 Å². The summed E-state index contributed by atoms with van der Waals surface area (Å²) < 4.78 is 20.2. The van der Waals surface area contributed by atoms with Crippen molar-refractivity contribution in [1.82, 2.24) is 5.32 Å². The van der Waals surface area contributed by atoms with Crippen molar-refractivity contribution in [2.24, 2.45) is 0 Å². The van der Waals surface area contributed by atoms with E-state index in [1.165, 1.54) is 23.9 Å². The minimum absolute atomic E-state index is 0.0420. The van der Waals surface area contributed by atoms with Crippen LogP contribution >= 0.6 is 27.7 Å². The van der Waals surface area contributed by atoms with Crippen molar-refractivity contribution in [3.8, 4) is 5.75 Å². The third-order valence-corrected chi connectivity index (χ3v) is 7.58. The molecule has 0 radical (unpaired) electrons. The molecule has 0 bridgehead atoms. The zero-order chi connectivity index (χ0) is 30.8. The van der Waals surface area contributed by atoms with Gasteiger partial charge in [0.2, 0.25) is 5.91 Å². The maximum atomic E-state index is 14.2. The maximum Gasteiger partial charge on any atom is 0.272 e. The third kappa shape index (κ3) is 9.29. The highest BCUT2D eigenvalue weighted by Crippen LogP contribution is 2.28. The van der Waals surface area contributed by atoms with E-state index in [4.69, 9.17) is 4.74 Å². The predicted octanol–water partition coefficient (Wildman–Crippen LogP) is 7.52. The summed E-state index contributed by atoms with van der Waals surface area (Å²) >= 11 is 4.45. The number of amides is 3. The number of hydrogen-bond acceptors (Lipinski definition) is 5. The average Bonchev–Trinajstić information content (AvgIpc) is 2.99. The zero-order valence-corrected chi connectivity index (χ0v) is 25.8. The Morgan fingerprint density at radius 1 is 0.930 bits per heavy atom. The number of carbonyl (C=O) groups excluding carboxylic acids is 3. The van der Waals surface area contributed by atoms with Crippen molar-refractivity contribution < 1.29 is 23.5 Å². The van der Waals surface area contributed by atoms with Crippen molar-refractivity contribution in [3.05, 3.63) is 124 Å². The normalized spacial score (nSPS) is 11.8. The van der Waals surface area contributed by atoms with Gasteiger partial charge in [0.1, 0.15) is 17.3 Å². The van der Waals surface area contributed by atoms with Crippen molar-refractivity contribution >= 4 is 62.9 Å². The van der Waals surface area contributed by atoms with Crippen LogP contribution in [0.4, 0.5) is 15.8 Å². The van der Waals surface area contributed by atoms with Gasteiger partial charge >= 0.3 is 0 Å². The quantitative estimate of drug-likeness (QED) is 0.114. The van der Waals surface area contributed by atoms with Crippen LogP contribution in [0.25, 0.3) is 6.08 Å². The van der Waals surface area contributed by atoms with E-state index < -0.39 is 22.9 Å². The van der Waals surface area contributed by atoms with Gasteiger partial charge in [0.15, 0.2) is 0 Å². The van der Waals surface area contributed by atoms with Gasteiger partial charge in [0.25, 0.3) is 11.8 Å². The van der Waals surface area contributed by atoms with Gasteiger partial charge in [0.05, 0.1) is 17.5 Å². The van der Waals surface area contributed by atoms with Crippen molar-refractivity contribution in [1.29, 1.82) is 0 Å². The fourth-order valence-corrected chi connectivity index (χ4v) is 5.12. The van der Waals surface area contributed by atoms with E-state index in [1.54, 1.807) is 97.9 Å². The Balaban J connectivity index is 1.48. The molecule has 43 heavy (non-hydrogen) atoms. The molecule has 0 fully saturated rings. The molecule has 4 aromatic rings. The number of thioether (sulfide) groups is 1. The Bertz CT molecular complexity index is 1630. The standard InChI is InChI=1S/C33H29BrFN3O4S/c1-3-42-26-15-12-22(13-16-26)18-30(38-32(40)23-8-5-4-6-9-23)33(41)36-25-10-7-11-27(20-25)43-21(2)31(39)37-29-17-14-24(34)19-28(29)35/h4-21H,3H2,1-2H3,(H,36,41)(H,37,39)(H,38,40)/b30-18+. The molecular weight excluding hydrogens is 633 g/mol. The van der Waals surface area contributed by atoms with Crippen molar-refractivity contribution in [3.63, 3.8) is 0 Å². The highest BCUT2D eigenvalue weighted by Gasteiger charge is 2.18. The summed E-state index contributed by atoms with van der Waals surface area (Å²) in [6.07, 6.45) is 1.58. The summed E-state index contributed by atoms with van der Waals surface area (Å²) in [5.41, 5.74) is 1.69. The first kappa shape index (κ1) is 31.5. The minimum atomic E-state index is -0.561. The SMILES string of the molecule is CCOc1ccc(/C=C(/NC(=O)c2ccccc2)C(=O)Nc2cccc(SC(C)C(=O)Nc3ccc(Br)cc3F)c2)cc1. The lowest BCUT2D eigenvalue weighted by molar-refractivity contribution is -0.115. The molecule has 0 aromatic heterocycles. The smallest absolute Gasteiger partial charge is 0.272 e. The number of benzene rings is 4. The number of halogens is 2. The second-order valence-corrected chi connectivity index (χ2v) is 11.6. The fraction of sp³-hybridized carbons (Fsp3) is 0.121. The van der Waals surface area contributed by atoms with Crippen LogP contribution in [0.15, 0.2) is 112 Å². The van der Waals surface area contributed by atoms with Crippen LogP contribution in [0.2, 0.25) is 0 Å². The van der Waals surface area contributed by atoms with Gasteiger partial charge in [-0.25, -0.2) is 4.39 Å². The molecule has 1 atom stereocenters. The second kappa shape index (κ2) is 15.2. The molecule has 0 aliphatic carbocycles. The first-order valence-corrected chi connectivity index (χ1v) is 15.0. The molecule has 0 aliphatic rings. The number of nitrogens with one attached hydrogen (secondary N) is 3.